The second-order valence-corrected chi connectivity index (χ2v) is 10.3. The Kier molecular flexibility index (Phi) is 4.12. The highest BCUT2D eigenvalue weighted by atomic mass is 16.5. The molecule has 0 radical (unpaired) electrons. The number of aromatic nitrogens is 1. The quantitative estimate of drug-likeness (QED) is 0.829. The van der Waals surface area contributed by atoms with Crippen molar-refractivity contribution in [3.63, 3.8) is 0 Å². The van der Waals surface area contributed by atoms with Gasteiger partial charge in [-0.2, -0.15) is 0 Å². The SMILES string of the molecule is C[C@H]1C[C@H]2NC(=O)C=C[C@]2(C)[C@H]2CC[C@]3(C)C[C@@H](Oc4cccnc4)C[C@H]3[C@H]12. The van der Waals surface area contributed by atoms with Gasteiger partial charge in [-0.3, -0.25) is 9.78 Å². The Morgan fingerprint density at radius 1 is 1.25 bits per heavy atom. The molecule has 0 unspecified atom stereocenters. The monoisotopic (exact) mass is 380 g/mol. The molecule has 150 valence electrons. The number of rotatable bonds is 2. The molecule has 3 fully saturated rings. The third kappa shape index (κ3) is 2.71. The summed E-state index contributed by atoms with van der Waals surface area (Å²) < 4.78 is 6.36. The van der Waals surface area contributed by atoms with E-state index in [1.165, 1.54) is 12.8 Å². The van der Waals surface area contributed by atoms with Crippen LogP contribution in [-0.4, -0.2) is 23.0 Å². The summed E-state index contributed by atoms with van der Waals surface area (Å²) in [5, 5.41) is 3.28. The molecule has 4 aliphatic rings. The summed E-state index contributed by atoms with van der Waals surface area (Å²) in [4.78, 5) is 16.2. The van der Waals surface area contributed by atoms with Gasteiger partial charge in [0.25, 0.3) is 0 Å². The highest BCUT2D eigenvalue weighted by molar-refractivity contribution is 5.89. The Hall–Kier alpha value is -1.84. The minimum absolute atomic E-state index is 0.0829. The number of nitrogens with zero attached hydrogens (tertiary/aromatic N) is 1. The molecule has 4 heteroatoms. The summed E-state index contributed by atoms with van der Waals surface area (Å²) in [6.07, 6.45) is 13.8. The number of nitrogens with one attached hydrogen (secondary N) is 1. The third-order valence-electron chi connectivity index (χ3n) is 8.72. The summed E-state index contributed by atoms with van der Waals surface area (Å²) in [5.41, 5.74) is 0.460. The average molecular weight is 381 g/mol. The second-order valence-electron chi connectivity index (χ2n) is 10.3. The summed E-state index contributed by atoms with van der Waals surface area (Å²) >= 11 is 0. The molecule has 0 saturated heterocycles. The molecule has 1 N–H and O–H groups in total. The van der Waals surface area contributed by atoms with Crippen molar-refractivity contribution in [2.45, 2.75) is 65.0 Å². The van der Waals surface area contributed by atoms with E-state index >= 15 is 0 Å². The smallest absolute Gasteiger partial charge is 0.243 e. The fourth-order valence-corrected chi connectivity index (χ4v) is 7.38. The van der Waals surface area contributed by atoms with Crippen molar-refractivity contribution >= 4 is 5.91 Å². The molecule has 0 spiro atoms. The van der Waals surface area contributed by atoms with E-state index in [4.69, 9.17) is 4.74 Å². The van der Waals surface area contributed by atoms with Gasteiger partial charge in [-0.1, -0.05) is 26.8 Å². The van der Waals surface area contributed by atoms with Crippen molar-refractivity contribution in [1.29, 1.82) is 0 Å². The van der Waals surface area contributed by atoms with Gasteiger partial charge in [0.1, 0.15) is 5.75 Å². The van der Waals surface area contributed by atoms with Crippen molar-refractivity contribution < 1.29 is 9.53 Å². The lowest BCUT2D eigenvalue weighted by Gasteiger charge is -2.60. The van der Waals surface area contributed by atoms with E-state index in [1.54, 1.807) is 12.3 Å². The summed E-state index contributed by atoms with van der Waals surface area (Å²) in [7, 11) is 0. The standard InChI is InChI=1S/C24H32N2O2/c1-15-11-20-24(3,9-7-21(27)26-20)18-6-8-23(2)13-17(12-19(23)22(15)18)28-16-5-4-10-25-14-16/h4-5,7,9-10,14-15,17-20,22H,6,8,11-13H2,1-3H3,(H,26,27)/t15-,17-,18-,19-,20+,22+,23+,24+/m0/s1. The molecular formula is C24H32N2O2. The maximum Gasteiger partial charge on any atom is 0.243 e. The zero-order valence-corrected chi connectivity index (χ0v) is 17.2. The second kappa shape index (κ2) is 6.33. The van der Waals surface area contributed by atoms with Crippen LogP contribution in [0, 0.1) is 34.5 Å². The van der Waals surface area contributed by atoms with Crippen LogP contribution < -0.4 is 10.1 Å². The Morgan fingerprint density at radius 3 is 2.89 bits per heavy atom. The zero-order valence-electron chi connectivity index (χ0n) is 17.2. The Bertz CT molecular complexity index is 793. The van der Waals surface area contributed by atoms with Crippen molar-refractivity contribution in [3.8, 4) is 5.75 Å². The maximum atomic E-state index is 12.0. The van der Waals surface area contributed by atoms with Crippen molar-refractivity contribution in [3.05, 3.63) is 36.7 Å². The first-order valence-electron chi connectivity index (χ1n) is 11.0. The van der Waals surface area contributed by atoms with Crippen molar-refractivity contribution in [1.82, 2.24) is 10.3 Å². The highest BCUT2D eigenvalue weighted by Crippen LogP contribution is 2.64. The van der Waals surface area contributed by atoms with Crippen molar-refractivity contribution in [2.24, 2.45) is 34.5 Å². The predicted octanol–water partition coefficient (Wildman–Crippen LogP) is 4.37. The van der Waals surface area contributed by atoms with E-state index in [1.807, 2.05) is 18.3 Å². The molecule has 3 saturated carbocycles. The van der Waals surface area contributed by atoms with Crippen LogP contribution in [0.2, 0.25) is 0 Å². The Morgan fingerprint density at radius 2 is 2.11 bits per heavy atom. The van der Waals surface area contributed by atoms with Gasteiger partial charge < -0.3 is 10.1 Å². The Labute approximate surface area is 168 Å². The fraction of sp³-hybridized carbons (Fsp3) is 0.667. The lowest BCUT2D eigenvalue weighted by molar-refractivity contribution is -0.124. The Balaban J connectivity index is 1.42. The van der Waals surface area contributed by atoms with Gasteiger partial charge in [-0.25, -0.2) is 0 Å². The van der Waals surface area contributed by atoms with E-state index < -0.39 is 0 Å². The van der Waals surface area contributed by atoms with Crippen LogP contribution in [0.1, 0.15) is 52.9 Å². The van der Waals surface area contributed by atoms with Gasteiger partial charge in [0, 0.05) is 17.7 Å². The summed E-state index contributed by atoms with van der Waals surface area (Å²) in [6.45, 7) is 7.31. The number of carbonyl (C=O) groups excluding carboxylic acids is 1. The van der Waals surface area contributed by atoms with Gasteiger partial charge in [0.15, 0.2) is 0 Å². The first-order valence-corrected chi connectivity index (χ1v) is 11.0. The summed E-state index contributed by atoms with van der Waals surface area (Å²) in [5.74, 6) is 3.67. The lowest BCUT2D eigenvalue weighted by atomic mass is 9.46. The largest absolute Gasteiger partial charge is 0.489 e. The first kappa shape index (κ1) is 18.2. The number of pyridine rings is 1. The van der Waals surface area contributed by atoms with Gasteiger partial charge in [0.2, 0.25) is 5.91 Å². The van der Waals surface area contributed by atoms with Gasteiger partial charge in [0.05, 0.1) is 12.3 Å². The third-order valence-corrected chi connectivity index (χ3v) is 8.72. The molecule has 5 rings (SSSR count). The van der Waals surface area contributed by atoms with Crippen LogP contribution in [0.15, 0.2) is 36.7 Å². The fourth-order valence-electron chi connectivity index (χ4n) is 7.38. The molecule has 1 aliphatic heterocycles. The number of ether oxygens (including phenoxy) is 1. The first-order chi connectivity index (χ1) is 13.4. The van der Waals surface area contributed by atoms with Gasteiger partial charge >= 0.3 is 0 Å². The van der Waals surface area contributed by atoms with Crippen LogP contribution in [-0.2, 0) is 4.79 Å². The molecule has 0 bridgehead atoms. The molecule has 1 aromatic heterocycles. The zero-order chi connectivity index (χ0) is 19.5. The van der Waals surface area contributed by atoms with E-state index in [0.717, 1.165) is 25.0 Å². The molecule has 2 heterocycles. The van der Waals surface area contributed by atoms with Crippen molar-refractivity contribution in [2.75, 3.05) is 0 Å². The minimum atomic E-state index is 0.0829. The average Bonchev–Trinajstić information content (AvgIpc) is 3.00. The van der Waals surface area contributed by atoms with Crippen LogP contribution in [0.5, 0.6) is 5.75 Å². The predicted molar refractivity (Wildman–Crippen MR) is 109 cm³/mol. The highest BCUT2D eigenvalue weighted by Gasteiger charge is 2.60. The molecule has 28 heavy (non-hydrogen) atoms. The molecule has 3 aliphatic carbocycles. The number of carbonyl (C=O) groups is 1. The molecule has 0 aromatic carbocycles. The number of hydrogen-bond donors (Lipinski definition) is 1. The molecular weight excluding hydrogens is 348 g/mol. The van der Waals surface area contributed by atoms with E-state index in [-0.39, 0.29) is 23.5 Å². The summed E-state index contributed by atoms with van der Waals surface area (Å²) in [6, 6.07) is 4.25. The molecule has 1 amide bonds. The van der Waals surface area contributed by atoms with E-state index in [0.29, 0.717) is 29.1 Å². The topological polar surface area (TPSA) is 51.2 Å². The number of hydrogen-bond acceptors (Lipinski definition) is 3. The van der Waals surface area contributed by atoms with E-state index in [2.05, 4.69) is 37.1 Å². The lowest BCUT2D eigenvalue weighted by Crippen LogP contribution is -2.61. The van der Waals surface area contributed by atoms with Gasteiger partial charge in [-0.15, -0.1) is 0 Å². The molecule has 8 atom stereocenters. The maximum absolute atomic E-state index is 12.0. The van der Waals surface area contributed by atoms with Crippen LogP contribution >= 0.6 is 0 Å². The molecule has 4 nitrogen and oxygen atoms in total. The van der Waals surface area contributed by atoms with Crippen LogP contribution in [0.25, 0.3) is 0 Å². The van der Waals surface area contributed by atoms with E-state index in [9.17, 15) is 4.79 Å². The normalized spacial score (nSPS) is 46.9. The number of fused-ring (bicyclic) bond motifs is 5. The van der Waals surface area contributed by atoms with Crippen LogP contribution in [0.3, 0.4) is 0 Å². The minimum Gasteiger partial charge on any atom is -0.489 e. The van der Waals surface area contributed by atoms with Crippen LogP contribution in [0.4, 0.5) is 0 Å². The van der Waals surface area contributed by atoms with Gasteiger partial charge in [-0.05, 0) is 79.4 Å². The molecule has 1 aromatic rings. The number of amides is 1.